The van der Waals surface area contributed by atoms with Gasteiger partial charge >= 0.3 is 0 Å². The maximum absolute atomic E-state index is 12.1. The average molecular weight is 254 g/mol. The fourth-order valence-corrected chi connectivity index (χ4v) is 1.26. The van der Waals surface area contributed by atoms with Crippen LogP contribution in [-0.2, 0) is 5.33 Å². The van der Waals surface area contributed by atoms with Crippen molar-refractivity contribution in [2.45, 2.75) is 11.8 Å². The molecule has 0 aliphatic heterocycles. The van der Waals surface area contributed by atoms with Crippen molar-refractivity contribution in [3.05, 3.63) is 27.7 Å². The van der Waals surface area contributed by atoms with Gasteiger partial charge in [-0.3, -0.25) is 4.79 Å². The van der Waals surface area contributed by atoms with Gasteiger partial charge in [-0.2, -0.15) is 0 Å². The Morgan fingerprint density at radius 3 is 2.69 bits per heavy atom. The highest BCUT2D eigenvalue weighted by molar-refractivity contribution is 9.08. The molecule has 0 atom stereocenters. The summed E-state index contributed by atoms with van der Waals surface area (Å²) in [7, 11) is 0. The summed E-state index contributed by atoms with van der Waals surface area (Å²) >= 11 is 2.99. The molecular formula is C7H6BrF2NO2. The Morgan fingerprint density at radius 2 is 2.23 bits per heavy atom. The molecule has 1 aromatic heterocycles. The van der Waals surface area contributed by atoms with E-state index in [2.05, 4.69) is 20.9 Å². The third-order valence-electron chi connectivity index (χ3n) is 1.53. The van der Waals surface area contributed by atoms with E-state index in [9.17, 15) is 13.6 Å². The number of hydrogen-bond acceptors (Lipinski definition) is 2. The number of alkyl halides is 3. The predicted octanol–water partition coefficient (Wildman–Crippen LogP) is 1.91. The Balaban J connectivity index is 3.32. The second kappa shape index (κ2) is 3.87. The minimum atomic E-state index is -2.88. The SMILES string of the molecule is O=c1c(C(F)F)c[nH]c(CBr)c1O. The van der Waals surface area contributed by atoms with Crippen molar-refractivity contribution in [2.24, 2.45) is 0 Å². The molecule has 72 valence electrons. The Kier molecular flexibility index (Phi) is 3.02. The van der Waals surface area contributed by atoms with Crippen molar-refractivity contribution in [1.82, 2.24) is 4.98 Å². The van der Waals surface area contributed by atoms with Gasteiger partial charge in [0.05, 0.1) is 11.3 Å². The zero-order valence-corrected chi connectivity index (χ0v) is 7.94. The molecule has 3 nitrogen and oxygen atoms in total. The quantitative estimate of drug-likeness (QED) is 0.792. The lowest BCUT2D eigenvalue weighted by Gasteiger charge is -2.03. The lowest BCUT2D eigenvalue weighted by Crippen LogP contribution is -2.11. The molecule has 0 unspecified atom stereocenters. The van der Waals surface area contributed by atoms with Crippen LogP contribution >= 0.6 is 15.9 Å². The zero-order chi connectivity index (χ0) is 10.0. The average Bonchev–Trinajstić information content (AvgIpc) is 2.09. The van der Waals surface area contributed by atoms with Crippen LogP contribution in [0.1, 0.15) is 17.7 Å². The topological polar surface area (TPSA) is 53.1 Å². The van der Waals surface area contributed by atoms with Crippen LogP contribution in [0, 0.1) is 0 Å². The van der Waals surface area contributed by atoms with E-state index in [-0.39, 0.29) is 11.0 Å². The molecule has 0 aliphatic carbocycles. The Morgan fingerprint density at radius 1 is 1.62 bits per heavy atom. The molecule has 0 aromatic carbocycles. The summed E-state index contributed by atoms with van der Waals surface area (Å²) < 4.78 is 24.2. The molecule has 1 aromatic rings. The Bertz CT molecular complexity index is 364. The van der Waals surface area contributed by atoms with Gasteiger partial charge < -0.3 is 10.1 Å². The van der Waals surface area contributed by atoms with E-state index < -0.39 is 23.2 Å². The van der Waals surface area contributed by atoms with E-state index >= 15 is 0 Å². The molecule has 0 fully saturated rings. The summed E-state index contributed by atoms with van der Waals surface area (Å²) in [5.41, 5.74) is -1.56. The van der Waals surface area contributed by atoms with E-state index in [1.807, 2.05) is 0 Å². The molecule has 0 radical (unpaired) electrons. The maximum atomic E-state index is 12.1. The Hall–Kier alpha value is -0.910. The van der Waals surface area contributed by atoms with Gasteiger partial charge in [-0.25, -0.2) is 8.78 Å². The maximum Gasteiger partial charge on any atom is 0.269 e. The molecule has 0 saturated carbocycles. The number of aromatic hydroxyl groups is 1. The largest absolute Gasteiger partial charge is 0.503 e. The first kappa shape index (κ1) is 10.2. The second-order valence-corrected chi connectivity index (χ2v) is 2.90. The zero-order valence-electron chi connectivity index (χ0n) is 6.35. The van der Waals surface area contributed by atoms with Crippen LogP contribution < -0.4 is 5.43 Å². The molecular weight excluding hydrogens is 248 g/mol. The minimum absolute atomic E-state index is 0.189. The van der Waals surface area contributed by atoms with Crippen LogP contribution in [0.5, 0.6) is 5.75 Å². The van der Waals surface area contributed by atoms with Crippen LogP contribution in [0.2, 0.25) is 0 Å². The molecule has 0 bridgehead atoms. The van der Waals surface area contributed by atoms with Gasteiger partial charge in [-0.1, -0.05) is 15.9 Å². The lowest BCUT2D eigenvalue weighted by molar-refractivity contribution is 0.149. The number of hydrogen-bond donors (Lipinski definition) is 2. The number of rotatable bonds is 2. The minimum Gasteiger partial charge on any atom is -0.503 e. The number of H-pyrrole nitrogens is 1. The van der Waals surface area contributed by atoms with Crippen molar-refractivity contribution >= 4 is 15.9 Å². The fraction of sp³-hybridized carbons (Fsp3) is 0.286. The molecule has 13 heavy (non-hydrogen) atoms. The predicted molar refractivity (Wildman–Crippen MR) is 46.3 cm³/mol. The van der Waals surface area contributed by atoms with Gasteiger partial charge in [0, 0.05) is 11.5 Å². The number of aromatic amines is 1. The van der Waals surface area contributed by atoms with Crippen LogP contribution in [0.3, 0.4) is 0 Å². The van der Waals surface area contributed by atoms with Gasteiger partial charge in [-0.05, 0) is 0 Å². The van der Waals surface area contributed by atoms with Crippen LogP contribution in [0.4, 0.5) is 8.78 Å². The van der Waals surface area contributed by atoms with Crippen LogP contribution in [0.15, 0.2) is 11.0 Å². The van der Waals surface area contributed by atoms with Crippen molar-refractivity contribution in [3.8, 4) is 5.75 Å². The van der Waals surface area contributed by atoms with Crippen LogP contribution in [-0.4, -0.2) is 10.1 Å². The molecule has 0 saturated heterocycles. The van der Waals surface area contributed by atoms with E-state index in [1.54, 1.807) is 0 Å². The molecule has 1 rings (SSSR count). The number of aromatic nitrogens is 1. The summed E-state index contributed by atoms with van der Waals surface area (Å²) in [6.07, 6.45) is -1.97. The van der Waals surface area contributed by atoms with Crippen molar-refractivity contribution in [1.29, 1.82) is 0 Å². The summed E-state index contributed by atoms with van der Waals surface area (Å²) in [6, 6.07) is 0. The number of halogens is 3. The molecule has 0 amide bonds. The highest BCUT2D eigenvalue weighted by Crippen LogP contribution is 2.19. The monoisotopic (exact) mass is 253 g/mol. The van der Waals surface area contributed by atoms with Crippen molar-refractivity contribution in [2.75, 3.05) is 0 Å². The third kappa shape index (κ3) is 1.88. The standard InChI is InChI=1S/C7H6BrF2NO2/c8-1-4-6(13)5(12)3(2-11-4)7(9)10/h2,7,13H,1H2,(H,11,12). The molecule has 0 aliphatic rings. The second-order valence-electron chi connectivity index (χ2n) is 2.33. The molecule has 6 heteroatoms. The molecule has 0 spiro atoms. The van der Waals surface area contributed by atoms with Gasteiger partial charge in [-0.15, -0.1) is 0 Å². The number of nitrogens with one attached hydrogen (secondary N) is 1. The third-order valence-corrected chi connectivity index (χ3v) is 2.09. The summed E-state index contributed by atoms with van der Waals surface area (Å²) in [5.74, 6) is -0.658. The van der Waals surface area contributed by atoms with Crippen molar-refractivity contribution in [3.63, 3.8) is 0 Å². The van der Waals surface area contributed by atoms with E-state index in [4.69, 9.17) is 5.11 Å². The summed E-state index contributed by atoms with van der Waals surface area (Å²) in [6.45, 7) is 0. The van der Waals surface area contributed by atoms with Gasteiger partial charge in [0.2, 0.25) is 5.43 Å². The highest BCUT2D eigenvalue weighted by atomic mass is 79.9. The van der Waals surface area contributed by atoms with E-state index in [1.165, 1.54) is 0 Å². The highest BCUT2D eigenvalue weighted by Gasteiger charge is 2.16. The molecule has 2 N–H and O–H groups in total. The van der Waals surface area contributed by atoms with E-state index in [0.717, 1.165) is 6.20 Å². The van der Waals surface area contributed by atoms with Gasteiger partial charge in [0.25, 0.3) is 6.43 Å². The Labute approximate surface area is 80.5 Å². The summed E-state index contributed by atoms with van der Waals surface area (Å²) in [5, 5.41) is 9.33. The van der Waals surface area contributed by atoms with E-state index in [0.29, 0.717) is 0 Å². The first-order chi connectivity index (χ1) is 6.07. The van der Waals surface area contributed by atoms with Gasteiger partial charge in [0.1, 0.15) is 0 Å². The van der Waals surface area contributed by atoms with Crippen molar-refractivity contribution < 1.29 is 13.9 Å². The van der Waals surface area contributed by atoms with Gasteiger partial charge in [0.15, 0.2) is 5.75 Å². The smallest absolute Gasteiger partial charge is 0.269 e. The first-order valence-electron chi connectivity index (χ1n) is 3.35. The normalized spacial score (nSPS) is 10.8. The van der Waals surface area contributed by atoms with Crippen LogP contribution in [0.25, 0.3) is 0 Å². The molecule has 1 heterocycles. The summed E-state index contributed by atoms with van der Waals surface area (Å²) in [4.78, 5) is 13.4. The lowest BCUT2D eigenvalue weighted by atomic mass is 10.2. The first-order valence-corrected chi connectivity index (χ1v) is 4.47. The number of pyridine rings is 1. The fourth-order valence-electron chi connectivity index (χ4n) is 0.836.